The van der Waals surface area contributed by atoms with Gasteiger partial charge in [-0.25, -0.2) is 4.98 Å². The number of allylic oxidation sites excluding steroid dienone is 1. The third-order valence-corrected chi connectivity index (χ3v) is 4.51. The highest BCUT2D eigenvalue weighted by atomic mass is 15.3. The molecule has 2 fully saturated rings. The number of nitrogens with zero attached hydrogens (tertiary/aromatic N) is 3. The molecule has 1 aromatic heterocycles. The summed E-state index contributed by atoms with van der Waals surface area (Å²) >= 11 is 0. The van der Waals surface area contributed by atoms with E-state index in [-0.39, 0.29) is 0 Å². The quantitative estimate of drug-likeness (QED) is 0.824. The van der Waals surface area contributed by atoms with Crippen LogP contribution in [-0.4, -0.2) is 34.2 Å². The van der Waals surface area contributed by atoms with Crippen molar-refractivity contribution < 1.29 is 0 Å². The summed E-state index contributed by atoms with van der Waals surface area (Å²) in [7, 11) is 0. The first kappa shape index (κ1) is 12.7. The number of hydrogen-bond acceptors (Lipinski definition) is 3. The van der Waals surface area contributed by atoms with E-state index in [4.69, 9.17) is 0 Å². The Balaban J connectivity index is 1.79. The first-order chi connectivity index (χ1) is 9.31. The molecule has 2 atom stereocenters. The Bertz CT molecular complexity index is 427. The number of hydrogen-bond donors (Lipinski definition) is 1. The van der Waals surface area contributed by atoms with Gasteiger partial charge in [0.1, 0.15) is 0 Å². The standard InChI is InChI=1S/C15H24N4/c1-3-8-18-9-7-16-15(18)19(4-2)14-10-12-5-6-13(11-14)17-12/h3,7,9,12-14,17H,1,4-6,8,10-11H2,2H3. The highest BCUT2D eigenvalue weighted by molar-refractivity contribution is 5.34. The van der Waals surface area contributed by atoms with Crippen LogP contribution in [0.5, 0.6) is 0 Å². The second kappa shape index (κ2) is 5.37. The van der Waals surface area contributed by atoms with Crippen LogP contribution in [0.4, 0.5) is 5.95 Å². The summed E-state index contributed by atoms with van der Waals surface area (Å²) in [5, 5.41) is 3.71. The molecule has 2 aliphatic rings. The first-order valence-electron chi connectivity index (χ1n) is 7.46. The summed E-state index contributed by atoms with van der Waals surface area (Å²) in [6.07, 6.45) is 11.1. The maximum atomic E-state index is 4.57. The van der Waals surface area contributed by atoms with Gasteiger partial charge in [0.25, 0.3) is 0 Å². The third-order valence-electron chi connectivity index (χ3n) is 4.51. The molecule has 4 nitrogen and oxygen atoms in total. The number of piperidine rings is 1. The molecule has 4 heteroatoms. The van der Waals surface area contributed by atoms with Crippen LogP contribution < -0.4 is 10.2 Å². The van der Waals surface area contributed by atoms with Crippen molar-refractivity contribution in [3.8, 4) is 0 Å². The van der Waals surface area contributed by atoms with Crippen molar-refractivity contribution in [3.63, 3.8) is 0 Å². The Kier molecular flexibility index (Phi) is 3.60. The number of rotatable bonds is 5. The van der Waals surface area contributed by atoms with E-state index >= 15 is 0 Å². The molecule has 1 N–H and O–H groups in total. The predicted octanol–water partition coefficient (Wildman–Crippen LogP) is 2.18. The summed E-state index contributed by atoms with van der Waals surface area (Å²) < 4.78 is 2.19. The zero-order valence-corrected chi connectivity index (χ0v) is 11.8. The Morgan fingerprint density at radius 2 is 2.21 bits per heavy atom. The fourth-order valence-corrected chi connectivity index (χ4v) is 3.69. The van der Waals surface area contributed by atoms with Crippen LogP contribution in [-0.2, 0) is 6.54 Å². The van der Waals surface area contributed by atoms with Crippen LogP contribution in [0.3, 0.4) is 0 Å². The minimum atomic E-state index is 0.634. The SMILES string of the molecule is C=CCn1ccnc1N(CC)C1CC2CCC(C1)N2. The van der Waals surface area contributed by atoms with Crippen molar-refractivity contribution in [3.05, 3.63) is 25.0 Å². The van der Waals surface area contributed by atoms with E-state index in [1.54, 1.807) is 0 Å². The van der Waals surface area contributed by atoms with Gasteiger partial charge in [0.05, 0.1) is 0 Å². The molecule has 0 spiro atoms. The van der Waals surface area contributed by atoms with Gasteiger partial charge in [-0.2, -0.15) is 0 Å². The highest BCUT2D eigenvalue weighted by Crippen LogP contribution is 2.31. The van der Waals surface area contributed by atoms with E-state index in [2.05, 4.69) is 39.5 Å². The number of nitrogens with one attached hydrogen (secondary N) is 1. The summed E-state index contributed by atoms with van der Waals surface area (Å²) in [4.78, 5) is 7.05. The molecule has 0 aromatic carbocycles. The van der Waals surface area contributed by atoms with Crippen molar-refractivity contribution in [2.75, 3.05) is 11.4 Å². The van der Waals surface area contributed by atoms with Crippen molar-refractivity contribution >= 4 is 5.95 Å². The Labute approximate surface area is 115 Å². The zero-order valence-electron chi connectivity index (χ0n) is 11.8. The molecule has 19 heavy (non-hydrogen) atoms. The minimum Gasteiger partial charge on any atom is -0.339 e. The molecule has 3 rings (SSSR count). The van der Waals surface area contributed by atoms with Crippen molar-refractivity contribution in [1.29, 1.82) is 0 Å². The van der Waals surface area contributed by atoms with Gasteiger partial charge < -0.3 is 14.8 Å². The molecule has 0 saturated carbocycles. The predicted molar refractivity (Wildman–Crippen MR) is 78.4 cm³/mol. The van der Waals surface area contributed by atoms with Gasteiger partial charge in [0, 0.05) is 43.6 Å². The molecule has 0 aliphatic carbocycles. The second-order valence-corrected chi connectivity index (χ2v) is 5.72. The molecular formula is C15H24N4. The number of aromatic nitrogens is 2. The first-order valence-corrected chi connectivity index (χ1v) is 7.46. The van der Waals surface area contributed by atoms with Gasteiger partial charge in [-0.05, 0) is 32.6 Å². The summed E-state index contributed by atoms with van der Waals surface area (Å²) in [6, 6.07) is 2.08. The molecule has 2 aliphatic heterocycles. The Morgan fingerprint density at radius 3 is 2.84 bits per heavy atom. The third kappa shape index (κ3) is 2.41. The van der Waals surface area contributed by atoms with Gasteiger partial charge >= 0.3 is 0 Å². The fourth-order valence-electron chi connectivity index (χ4n) is 3.69. The van der Waals surface area contributed by atoms with Crippen LogP contribution >= 0.6 is 0 Å². The van der Waals surface area contributed by atoms with Gasteiger partial charge in [0.15, 0.2) is 0 Å². The number of anilines is 1. The Morgan fingerprint density at radius 1 is 1.47 bits per heavy atom. The van der Waals surface area contributed by atoms with Crippen molar-refractivity contribution in [1.82, 2.24) is 14.9 Å². The molecule has 3 heterocycles. The van der Waals surface area contributed by atoms with Crippen molar-refractivity contribution in [2.24, 2.45) is 0 Å². The molecule has 2 bridgehead atoms. The summed E-state index contributed by atoms with van der Waals surface area (Å²) in [5.74, 6) is 1.11. The van der Waals surface area contributed by atoms with E-state index in [0.29, 0.717) is 6.04 Å². The zero-order chi connectivity index (χ0) is 13.2. The molecule has 2 unspecified atom stereocenters. The van der Waals surface area contributed by atoms with Gasteiger partial charge in [-0.15, -0.1) is 6.58 Å². The lowest BCUT2D eigenvalue weighted by molar-refractivity contribution is 0.345. The molecular weight excluding hydrogens is 236 g/mol. The average molecular weight is 260 g/mol. The van der Waals surface area contributed by atoms with Crippen LogP contribution in [0.15, 0.2) is 25.0 Å². The maximum Gasteiger partial charge on any atom is 0.205 e. The van der Waals surface area contributed by atoms with E-state index in [0.717, 1.165) is 31.1 Å². The van der Waals surface area contributed by atoms with E-state index < -0.39 is 0 Å². The number of fused-ring (bicyclic) bond motifs is 2. The lowest BCUT2D eigenvalue weighted by Crippen LogP contribution is -2.49. The fraction of sp³-hybridized carbons (Fsp3) is 0.667. The van der Waals surface area contributed by atoms with Gasteiger partial charge in [-0.3, -0.25) is 0 Å². The van der Waals surface area contributed by atoms with E-state index in [1.807, 2.05) is 12.3 Å². The van der Waals surface area contributed by atoms with Crippen molar-refractivity contribution in [2.45, 2.75) is 57.3 Å². The monoisotopic (exact) mass is 260 g/mol. The molecule has 0 amide bonds. The smallest absolute Gasteiger partial charge is 0.205 e. The van der Waals surface area contributed by atoms with E-state index in [1.165, 1.54) is 25.7 Å². The number of imidazole rings is 1. The minimum absolute atomic E-state index is 0.634. The van der Waals surface area contributed by atoms with Crippen LogP contribution in [0.25, 0.3) is 0 Å². The van der Waals surface area contributed by atoms with Crippen LogP contribution in [0, 0.1) is 0 Å². The highest BCUT2D eigenvalue weighted by Gasteiger charge is 2.36. The summed E-state index contributed by atoms with van der Waals surface area (Å²) in [5.41, 5.74) is 0. The second-order valence-electron chi connectivity index (χ2n) is 5.72. The molecule has 0 radical (unpaired) electrons. The van der Waals surface area contributed by atoms with E-state index in [9.17, 15) is 0 Å². The Hall–Kier alpha value is -1.29. The molecule has 104 valence electrons. The lowest BCUT2D eigenvalue weighted by atomic mass is 9.98. The summed E-state index contributed by atoms with van der Waals surface area (Å²) in [6.45, 7) is 7.93. The lowest BCUT2D eigenvalue weighted by Gasteiger charge is -2.38. The maximum absolute atomic E-state index is 4.57. The average Bonchev–Trinajstić information content (AvgIpc) is 2.99. The van der Waals surface area contributed by atoms with Crippen LogP contribution in [0.2, 0.25) is 0 Å². The van der Waals surface area contributed by atoms with Gasteiger partial charge in [-0.1, -0.05) is 6.08 Å². The van der Waals surface area contributed by atoms with Gasteiger partial charge in [0.2, 0.25) is 5.95 Å². The molecule has 2 saturated heterocycles. The largest absolute Gasteiger partial charge is 0.339 e. The normalized spacial score (nSPS) is 29.4. The molecule has 1 aromatic rings. The van der Waals surface area contributed by atoms with Crippen LogP contribution in [0.1, 0.15) is 32.6 Å². The topological polar surface area (TPSA) is 33.1 Å².